The first kappa shape index (κ1) is 17.7. The monoisotopic (exact) mass is 298 g/mol. The topological polar surface area (TPSA) is 94.0 Å². The van der Waals surface area contributed by atoms with E-state index in [0.29, 0.717) is 24.6 Å². The van der Waals surface area contributed by atoms with E-state index < -0.39 is 24.9 Å². The predicted octanol–water partition coefficient (Wildman–Crippen LogP) is 0.833. The highest BCUT2D eigenvalue weighted by molar-refractivity contribution is 5.85. The van der Waals surface area contributed by atoms with E-state index >= 15 is 0 Å². The van der Waals surface area contributed by atoms with Crippen LogP contribution in [0.25, 0.3) is 0 Å². The Labute approximate surface area is 115 Å². The maximum Gasteiger partial charge on any atom is 0.277 e. The number of alkyl halides is 2. The predicted molar refractivity (Wildman–Crippen MR) is 66.2 cm³/mol. The molecule has 0 radical (unpaired) electrons. The van der Waals surface area contributed by atoms with Gasteiger partial charge in [0, 0.05) is 12.8 Å². The molecule has 9 heteroatoms. The molecule has 0 aliphatic rings. The van der Waals surface area contributed by atoms with E-state index in [4.69, 9.17) is 10.3 Å². The van der Waals surface area contributed by atoms with E-state index in [1.807, 2.05) is 0 Å². The molecule has 0 aliphatic heterocycles. The third kappa shape index (κ3) is 7.02. The molecule has 1 aromatic heterocycles. The minimum atomic E-state index is -3.06. The summed E-state index contributed by atoms with van der Waals surface area (Å²) in [5, 5.41) is 5.72. The van der Waals surface area contributed by atoms with Crippen LogP contribution in [-0.4, -0.2) is 35.1 Å². The number of nitrogens with two attached hydrogens (primary N) is 1. The first-order valence-electron chi connectivity index (χ1n) is 5.57. The molecule has 0 saturated heterocycles. The molecule has 6 nitrogen and oxygen atoms in total. The maximum absolute atomic E-state index is 12.7. The number of carbonyl (C=O) groups excluding carboxylic acids is 1. The molecule has 3 N–H and O–H groups in total. The van der Waals surface area contributed by atoms with E-state index in [1.54, 1.807) is 6.92 Å². The lowest BCUT2D eigenvalue weighted by Crippen LogP contribution is -2.41. The Morgan fingerprint density at radius 1 is 1.53 bits per heavy atom. The minimum Gasteiger partial charge on any atom is -0.350 e. The van der Waals surface area contributed by atoms with Crippen LogP contribution in [0.4, 0.5) is 8.78 Å². The van der Waals surface area contributed by atoms with Crippen LogP contribution in [-0.2, 0) is 11.2 Å². The third-order valence-corrected chi connectivity index (χ3v) is 2.21. The van der Waals surface area contributed by atoms with Gasteiger partial charge in [-0.1, -0.05) is 5.16 Å². The number of amides is 1. The summed E-state index contributed by atoms with van der Waals surface area (Å²) in [6, 6.07) is 0. The van der Waals surface area contributed by atoms with Crippen LogP contribution in [0, 0.1) is 6.92 Å². The van der Waals surface area contributed by atoms with Gasteiger partial charge >= 0.3 is 0 Å². The molecule has 0 bridgehead atoms. The summed E-state index contributed by atoms with van der Waals surface area (Å²) in [5.41, 5.74) is 4.84. The van der Waals surface area contributed by atoms with Crippen LogP contribution in [0.15, 0.2) is 4.52 Å². The number of rotatable bonds is 7. The lowest BCUT2D eigenvalue weighted by molar-refractivity contribution is -0.123. The van der Waals surface area contributed by atoms with Gasteiger partial charge in [-0.05, 0) is 13.3 Å². The van der Waals surface area contributed by atoms with Crippen LogP contribution in [0.3, 0.4) is 0 Å². The van der Waals surface area contributed by atoms with Gasteiger partial charge in [-0.25, -0.2) is 8.78 Å². The van der Waals surface area contributed by atoms with Crippen molar-refractivity contribution in [1.29, 1.82) is 0 Å². The van der Waals surface area contributed by atoms with E-state index in [9.17, 15) is 13.6 Å². The summed E-state index contributed by atoms with van der Waals surface area (Å²) < 4.78 is 30.3. The summed E-state index contributed by atoms with van der Waals surface area (Å²) >= 11 is 0. The lowest BCUT2D eigenvalue weighted by atomic mass is 10.2. The zero-order valence-corrected chi connectivity index (χ0v) is 11.3. The van der Waals surface area contributed by atoms with Gasteiger partial charge in [0.1, 0.15) is 0 Å². The highest BCUT2D eigenvalue weighted by Crippen LogP contribution is 2.09. The Balaban J connectivity index is 0.00000324. The van der Waals surface area contributed by atoms with Gasteiger partial charge < -0.3 is 15.6 Å². The Hall–Kier alpha value is -1.28. The zero-order chi connectivity index (χ0) is 13.6. The molecule has 0 aliphatic carbocycles. The molecule has 1 amide bonds. The van der Waals surface area contributed by atoms with Crippen LogP contribution in [0.2, 0.25) is 0 Å². The molecule has 110 valence electrons. The van der Waals surface area contributed by atoms with E-state index in [2.05, 4.69) is 15.5 Å². The number of hydrogen-bond acceptors (Lipinski definition) is 5. The van der Waals surface area contributed by atoms with Gasteiger partial charge in [0.05, 0.1) is 13.1 Å². The fourth-order valence-corrected chi connectivity index (χ4v) is 1.23. The number of carbonyl (C=O) groups is 1. The number of aryl methyl sites for hydroxylation is 2. The zero-order valence-electron chi connectivity index (χ0n) is 10.5. The molecule has 0 unspecified atom stereocenters. The number of nitrogens with one attached hydrogen (secondary N) is 1. The largest absolute Gasteiger partial charge is 0.350 e. The van der Waals surface area contributed by atoms with Crippen LogP contribution in [0.5, 0.6) is 0 Å². The lowest BCUT2D eigenvalue weighted by Gasteiger charge is -2.14. The number of nitrogens with zero attached hydrogens (tertiary/aromatic N) is 2. The fourth-order valence-electron chi connectivity index (χ4n) is 1.23. The Morgan fingerprint density at radius 2 is 2.21 bits per heavy atom. The fraction of sp³-hybridized carbons (Fsp3) is 0.700. The molecule has 0 fully saturated rings. The van der Waals surface area contributed by atoms with Crippen molar-refractivity contribution in [3.63, 3.8) is 0 Å². The first-order chi connectivity index (χ1) is 8.43. The molecule has 1 rings (SSSR count). The third-order valence-electron chi connectivity index (χ3n) is 2.21. The van der Waals surface area contributed by atoms with Crippen molar-refractivity contribution in [3.05, 3.63) is 11.7 Å². The molecule has 1 heterocycles. The summed E-state index contributed by atoms with van der Waals surface area (Å²) in [6.07, 6.45) is 1.03. The molecule has 0 aromatic carbocycles. The van der Waals surface area contributed by atoms with Crippen LogP contribution in [0.1, 0.15) is 24.6 Å². The van der Waals surface area contributed by atoms with Crippen molar-refractivity contribution in [3.8, 4) is 0 Å². The highest BCUT2D eigenvalue weighted by Gasteiger charge is 2.26. The van der Waals surface area contributed by atoms with Crippen molar-refractivity contribution in [2.45, 2.75) is 32.1 Å². The second kappa shape index (κ2) is 8.00. The number of hydrogen-bond donors (Lipinski definition) is 2. The first-order valence-corrected chi connectivity index (χ1v) is 5.57. The smallest absolute Gasteiger partial charge is 0.277 e. The summed E-state index contributed by atoms with van der Waals surface area (Å²) in [4.78, 5) is 15.2. The van der Waals surface area contributed by atoms with Gasteiger partial charge in [-0.15, -0.1) is 12.4 Å². The van der Waals surface area contributed by atoms with Crippen molar-refractivity contribution >= 4 is 18.3 Å². The molecule has 0 atom stereocenters. The minimum absolute atomic E-state index is 0. The molecule has 0 spiro atoms. The number of halogens is 3. The molecule has 0 saturated carbocycles. The van der Waals surface area contributed by atoms with Gasteiger partial charge in [0.25, 0.3) is 5.92 Å². The summed E-state index contributed by atoms with van der Waals surface area (Å²) in [6.45, 7) is 0.172. The summed E-state index contributed by atoms with van der Waals surface area (Å²) in [7, 11) is 0. The normalized spacial score (nSPS) is 10.9. The van der Waals surface area contributed by atoms with Crippen molar-refractivity contribution in [2.75, 3.05) is 13.1 Å². The van der Waals surface area contributed by atoms with Gasteiger partial charge in [-0.2, -0.15) is 4.98 Å². The molecular weight excluding hydrogens is 282 g/mol. The number of aromatic nitrogens is 2. The van der Waals surface area contributed by atoms with Crippen molar-refractivity contribution in [2.24, 2.45) is 5.73 Å². The quantitative estimate of drug-likeness (QED) is 0.777. The molecular formula is C10H17ClF2N4O2. The Bertz CT molecular complexity index is 401. The second-order valence-electron chi connectivity index (χ2n) is 3.93. The highest BCUT2D eigenvalue weighted by atomic mass is 35.5. The Morgan fingerprint density at radius 3 is 2.74 bits per heavy atom. The van der Waals surface area contributed by atoms with Gasteiger partial charge in [0.15, 0.2) is 5.82 Å². The summed E-state index contributed by atoms with van der Waals surface area (Å²) in [5.74, 6) is -2.54. The van der Waals surface area contributed by atoms with Crippen molar-refractivity contribution in [1.82, 2.24) is 15.5 Å². The van der Waals surface area contributed by atoms with E-state index in [0.717, 1.165) is 0 Å². The van der Waals surface area contributed by atoms with Crippen LogP contribution < -0.4 is 11.1 Å². The van der Waals surface area contributed by atoms with E-state index in [1.165, 1.54) is 0 Å². The van der Waals surface area contributed by atoms with E-state index in [-0.39, 0.29) is 18.8 Å². The maximum atomic E-state index is 12.7. The van der Waals surface area contributed by atoms with Gasteiger partial charge in [0.2, 0.25) is 11.8 Å². The van der Waals surface area contributed by atoms with Crippen molar-refractivity contribution < 1.29 is 18.1 Å². The average molecular weight is 299 g/mol. The van der Waals surface area contributed by atoms with Crippen LogP contribution >= 0.6 is 12.4 Å². The Kier molecular flexibility index (Phi) is 7.47. The van der Waals surface area contributed by atoms with Gasteiger partial charge in [-0.3, -0.25) is 4.79 Å². The SMILES string of the molecule is Cc1noc(CCCC(=O)NCC(F)(F)CN)n1.Cl. The molecule has 1 aromatic rings. The molecule has 19 heavy (non-hydrogen) atoms. The second-order valence-corrected chi connectivity index (χ2v) is 3.93. The standard InChI is InChI=1S/C10H16F2N4O2.ClH/c1-7-15-9(18-16-7)4-2-3-8(17)14-6-10(11,12)5-13;/h2-6,13H2,1H3,(H,14,17);1H. The average Bonchev–Trinajstić information content (AvgIpc) is 2.73.